The Hall–Kier alpha value is -0.111. The average Bonchev–Trinajstić information content (AvgIpc) is 2.31. The molecule has 1 aromatic rings. The minimum absolute atomic E-state index is 0.415. The second-order valence-electron chi connectivity index (χ2n) is 3.28. The first-order valence-electron chi connectivity index (χ1n) is 4.96. The number of hydrogen-bond acceptors (Lipinski definition) is 2. The van der Waals surface area contributed by atoms with Gasteiger partial charge >= 0.3 is 105 Å². The predicted molar refractivity (Wildman–Crippen MR) is 65.0 cm³/mol. The van der Waals surface area contributed by atoms with E-state index in [1.54, 1.807) is 0 Å². The van der Waals surface area contributed by atoms with Gasteiger partial charge in [-0.2, -0.15) is 0 Å². The molecule has 15 heavy (non-hydrogen) atoms. The van der Waals surface area contributed by atoms with E-state index in [4.69, 9.17) is 4.74 Å². The van der Waals surface area contributed by atoms with E-state index in [2.05, 4.69) is 50.8 Å². The van der Waals surface area contributed by atoms with Crippen molar-refractivity contribution in [1.29, 1.82) is 0 Å². The molecular formula is C11H13NOSe2. The molecule has 0 amide bonds. The second-order valence-corrected chi connectivity index (χ2v) is 7.63. The van der Waals surface area contributed by atoms with Gasteiger partial charge in [0.15, 0.2) is 0 Å². The summed E-state index contributed by atoms with van der Waals surface area (Å²) in [5.41, 5.74) is 0. The zero-order valence-electron chi connectivity index (χ0n) is 8.39. The van der Waals surface area contributed by atoms with E-state index >= 15 is 0 Å². The van der Waals surface area contributed by atoms with Gasteiger partial charge in [0.25, 0.3) is 0 Å². The number of morpholine rings is 1. The molecule has 0 aliphatic carbocycles. The summed E-state index contributed by atoms with van der Waals surface area (Å²) in [6, 6.07) is 10.6. The summed E-state index contributed by atoms with van der Waals surface area (Å²) >= 11 is 3.63. The molecule has 4 heteroatoms. The van der Waals surface area contributed by atoms with Crippen LogP contribution in [0, 0.1) is 0 Å². The van der Waals surface area contributed by atoms with Crippen LogP contribution in [0.3, 0.4) is 0 Å². The summed E-state index contributed by atoms with van der Waals surface area (Å²) in [6.07, 6.45) is 0. The molecule has 0 radical (unpaired) electrons. The van der Waals surface area contributed by atoms with Gasteiger partial charge in [-0.25, -0.2) is 0 Å². The molecule has 1 fully saturated rings. The number of hydrogen-bond donors (Lipinski definition) is 0. The average molecular weight is 333 g/mol. The number of nitrogens with zero attached hydrogens (tertiary/aromatic N) is 1. The van der Waals surface area contributed by atoms with Crippen molar-refractivity contribution in [2.75, 3.05) is 26.3 Å². The van der Waals surface area contributed by atoms with Gasteiger partial charge in [-0.05, 0) is 0 Å². The van der Waals surface area contributed by atoms with Gasteiger partial charge in [0.2, 0.25) is 0 Å². The molecule has 0 saturated carbocycles. The van der Waals surface area contributed by atoms with Gasteiger partial charge < -0.3 is 0 Å². The van der Waals surface area contributed by atoms with Gasteiger partial charge in [0.05, 0.1) is 0 Å². The quantitative estimate of drug-likeness (QED) is 0.699. The molecule has 80 valence electrons. The predicted octanol–water partition coefficient (Wildman–Crippen LogP) is -0.396. The van der Waals surface area contributed by atoms with Crippen LogP contribution in [-0.2, 0) is 4.74 Å². The summed E-state index contributed by atoms with van der Waals surface area (Å²) in [7, 11) is 0. The van der Waals surface area contributed by atoms with Crippen LogP contribution in [0.1, 0.15) is 0 Å². The molecule has 2 nitrogen and oxygen atoms in total. The zero-order valence-corrected chi connectivity index (χ0v) is 11.8. The maximum absolute atomic E-state index is 5.34. The molecule has 1 aliphatic heterocycles. The molecule has 1 heterocycles. The van der Waals surface area contributed by atoms with Gasteiger partial charge in [-0.15, -0.1) is 0 Å². The normalized spacial score (nSPS) is 16.4. The fraction of sp³-hybridized carbons (Fsp3) is 0.364. The fourth-order valence-corrected chi connectivity index (χ4v) is 4.52. The third-order valence-corrected chi connectivity index (χ3v) is 5.64. The van der Waals surface area contributed by atoms with Crippen LogP contribution in [0.2, 0.25) is 0 Å². The Balaban J connectivity index is 1.91. The van der Waals surface area contributed by atoms with Crippen molar-refractivity contribution < 1.29 is 4.74 Å². The summed E-state index contributed by atoms with van der Waals surface area (Å²) in [5, 5.41) is 0. The van der Waals surface area contributed by atoms with E-state index in [1.807, 2.05) is 0 Å². The number of benzene rings is 1. The Kier molecular flexibility index (Phi) is 4.42. The summed E-state index contributed by atoms with van der Waals surface area (Å²) in [5.74, 6) is 0. The van der Waals surface area contributed by atoms with E-state index in [1.165, 1.54) is 7.90 Å². The molecular weight excluding hydrogens is 320 g/mol. The van der Waals surface area contributed by atoms with Crippen molar-refractivity contribution in [2.45, 2.75) is 0 Å². The molecule has 0 unspecified atom stereocenters. The molecule has 0 aromatic heterocycles. The molecule has 2 rings (SSSR count). The van der Waals surface area contributed by atoms with Crippen molar-refractivity contribution >= 4 is 38.4 Å². The molecule has 1 aliphatic rings. The van der Waals surface area contributed by atoms with E-state index < -0.39 is 0 Å². The van der Waals surface area contributed by atoms with Crippen molar-refractivity contribution in [1.82, 2.24) is 4.90 Å². The molecule has 0 N–H and O–H groups in total. The van der Waals surface area contributed by atoms with E-state index in [-0.39, 0.29) is 0 Å². The fourth-order valence-electron chi connectivity index (χ4n) is 1.40. The van der Waals surface area contributed by atoms with Crippen molar-refractivity contribution in [3.8, 4) is 0 Å². The summed E-state index contributed by atoms with van der Waals surface area (Å²) in [6.45, 7) is 3.76. The standard InChI is InChI=1S/C11H13NOSe2/c14-11(12-6-8-13-9-7-12)15-10-4-2-1-3-5-10/h1-5H,6-9H2. The Morgan fingerprint density at radius 2 is 1.87 bits per heavy atom. The Morgan fingerprint density at radius 1 is 1.20 bits per heavy atom. The van der Waals surface area contributed by atoms with Crippen LogP contribution in [0.15, 0.2) is 30.3 Å². The van der Waals surface area contributed by atoms with E-state index in [9.17, 15) is 0 Å². The SMILES string of the molecule is [Se]=C([Se]c1ccccc1)N1CCOCC1. The summed E-state index contributed by atoms with van der Waals surface area (Å²) in [4.78, 5) is 2.40. The van der Waals surface area contributed by atoms with E-state index in [0.29, 0.717) is 15.0 Å². The Bertz CT molecular complexity index is 323. The molecule has 1 saturated heterocycles. The van der Waals surface area contributed by atoms with Crippen LogP contribution in [0.25, 0.3) is 0 Å². The first-order valence-corrected chi connectivity index (χ1v) is 7.53. The van der Waals surface area contributed by atoms with Crippen LogP contribution in [0.5, 0.6) is 0 Å². The van der Waals surface area contributed by atoms with Gasteiger partial charge in [0, 0.05) is 0 Å². The number of rotatable bonds is 3. The second kappa shape index (κ2) is 5.83. The monoisotopic (exact) mass is 335 g/mol. The molecule has 0 bridgehead atoms. The maximum atomic E-state index is 5.34. The van der Waals surface area contributed by atoms with Crippen molar-refractivity contribution in [2.24, 2.45) is 0 Å². The molecule has 0 spiro atoms. The van der Waals surface area contributed by atoms with Crippen LogP contribution in [-0.4, -0.2) is 65.2 Å². The Labute approximate surface area is 105 Å². The van der Waals surface area contributed by atoms with Gasteiger partial charge in [0.1, 0.15) is 0 Å². The molecule has 0 atom stereocenters. The molecule has 1 aromatic carbocycles. The van der Waals surface area contributed by atoms with Crippen LogP contribution >= 0.6 is 0 Å². The first-order chi connectivity index (χ1) is 7.36. The van der Waals surface area contributed by atoms with Crippen molar-refractivity contribution in [3.05, 3.63) is 30.3 Å². The third kappa shape index (κ3) is 3.44. The van der Waals surface area contributed by atoms with E-state index in [0.717, 1.165) is 26.3 Å². The van der Waals surface area contributed by atoms with Crippen molar-refractivity contribution in [3.63, 3.8) is 0 Å². The Morgan fingerprint density at radius 3 is 2.53 bits per heavy atom. The topological polar surface area (TPSA) is 12.5 Å². The summed E-state index contributed by atoms with van der Waals surface area (Å²) < 4.78 is 8.15. The zero-order chi connectivity index (χ0) is 10.5. The first kappa shape index (κ1) is 11.4. The number of ether oxygens (including phenoxy) is 1. The third-order valence-electron chi connectivity index (χ3n) is 2.22. The minimum atomic E-state index is 0.415. The van der Waals surface area contributed by atoms with Gasteiger partial charge in [-0.3, -0.25) is 0 Å². The van der Waals surface area contributed by atoms with Crippen LogP contribution < -0.4 is 4.46 Å². The van der Waals surface area contributed by atoms with Crippen LogP contribution in [0.4, 0.5) is 0 Å². The van der Waals surface area contributed by atoms with Gasteiger partial charge in [-0.1, -0.05) is 0 Å².